The maximum Gasteiger partial charge on any atom is 0.118 e. The Hall–Kier alpha value is -0.560. The first-order valence-corrected chi connectivity index (χ1v) is 41.4. The van der Waals surface area contributed by atoms with Crippen molar-refractivity contribution in [2.24, 2.45) is 105 Å². The molecule has 0 radical (unpaired) electrons. The van der Waals surface area contributed by atoms with Crippen molar-refractivity contribution in [3.05, 3.63) is 0 Å². The van der Waals surface area contributed by atoms with E-state index in [2.05, 4.69) is 180 Å². The minimum atomic E-state index is -1.09. The summed E-state index contributed by atoms with van der Waals surface area (Å²) in [7, 11) is 0. The number of hydrogen-bond acceptors (Lipinski definition) is 0. The lowest BCUT2D eigenvalue weighted by Crippen LogP contribution is -2.51. The Kier molecular flexibility index (Phi) is 58.8. The second-order valence-electron chi connectivity index (χ2n) is 36.1. The Morgan fingerprint density at radius 3 is 0.592 bits per heavy atom. The van der Waals surface area contributed by atoms with Gasteiger partial charge < -0.3 is 0 Å². The first-order chi connectivity index (χ1) is 43.9. The van der Waals surface area contributed by atoms with E-state index in [0.29, 0.717) is 36.5 Å². The van der Waals surface area contributed by atoms with Gasteiger partial charge in [0.2, 0.25) is 0 Å². The normalized spacial score (nSPS) is 16.0. The topological polar surface area (TPSA) is 0 Å². The highest BCUT2D eigenvalue weighted by Gasteiger charge is 2.53. The molecule has 0 aromatic rings. The van der Waals surface area contributed by atoms with Crippen LogP contribution in [0.2, 0.25) is 0 Å². The van der Waals surface area contributed by atoms with Gasteiger partial charge in [-0.1, -0.05) is 314 Å². The maximum absolute atomic E-state index is 15.2. The zero-order chi connectivity index (χ0) is 80.8. The van der Waals surface area contributed by atoms with Crippen LogP contribution in [-0.2, 0) is 0 Å². The molecule has 0 rings (SSSR count). The van der Waals surface area contributed by atoms with Crippen molar-refractivity contribution in [2.45, 2.75) is 479 Å². The molecule has 0 aliphatic rings. The average Bonchev–Trinajstić information content (AvgIpc) is 0.764. The molecule has 0 aromatic carbocycles. The summed E-state index contributed by atoms with van der Waals surface area (Å²) in [5, 5.41) is 0. The van der Waals surface area contributed by atoms with Gasteiger partial charge in [0.05, 0.1) is 0 Å². The molecular formula is C90H188F8. The monoisotopic (exact) mass is 1420 g/mol. The van der Waals surface area contributed by atoms with E-state index in [4.69, 9.17) is 0 Å². The zero-order valence-electron chi connectivity index (χ0n) is 75.8. The van der Waals surface area contributed by atoms with E-state index in [9.17, 15) is 30.7 Å². The highest BCUT2D eigenvalue weighted by molar-refractivity contribution is 5.03. The third kappa shape index (κ3) is 35.2. The Labute approximate surface area is 616 Å². The third-order valence-corrected chi connectivity index (χ3v) is 27.6. The van der Waals surface area contributed by atoms with Gasteiger partial charge >= 0.3 is 0 Å². The number of halogens is 8. The summed E-state index contributed by atoms with van der Waals surface area (Å²) in [6.07, 6.45) is 16.3. The Morgan fingerprint density at radius 2 is 0.459 bits per heavy atom. The van der Waals surface area contributed by atoms with E-state index in [1.807, 2.05) is 90.0 Å². The molecule has 3 unspecified atom stereocenters. The predicted molar refractivity (Wildman–Crippen MR) is 433 cm³/mol. The molecule has 5 atom stereocenters. The van der Waals surface area contributed by atoms with Crippen LogP contribution in [0.25, 0.3) is 0 Å². The molecule has 0 N–H and O–H groups in total. The van der Waals surface area contributed by atoms with Crippen LogP contribution in [0.4, 0.5) is 35.1 Å². The summed E-state index contributed by atoms with van der Waals surface area (Å²) < 4.78 is 114. The molecule has 0 fully saturated rings. The van der Waals surface area contributed by atoms with Crippen LogP contribution in [0.1, 0.15) is 434 Å². The summed E-state index contributed by atoms with van der Waals surface area (Å²) >= 11 is 0. The molecule has 0 bridgehead atoms. The van der Waals surface area contributed by atoms with Crippen molar-refractivity contribution in [3.8, 4) is 0 Å². The van der Waals surface area contributed by atoms with Gasteiger partial charge in [0.1, 0.15) is 45.4 Å². The lowest BCUT2D eigenvalue weighted by Gasteiger charge is -2.51. The molecule has 8 heteroatoms. The highest BCUT2D eigenvalue weighted by atomic mass is 19.2. The molecule has 0 amide bonds. The van der Waals surface area contributed by atoms with Crippen LogP contribution in [0.5, 0.6) is 0 Å². The molecule has 0 aliphatic carbocycles. The Bertz CT molecular complexity index is 1750. The van der Waals surface area contributed by atoms with Gasteiger partial charge in [0.15, 0.2) is 0 Å². The predicted octanol–water partition coefficient (Wildman–Crippen LogP) is 34.1. The van der Waals surface area contributed by atoms with Gasteiger partial charge in [-0.25, -0.2) is 35.1 Å². The minimum absolute atomic E-state index is 0.0994. The average molecular weight is 1420 g/mol. The highest BCUT2D eigenvalue weighted by Crippen LogP contribution is 2.54. The molecule has 0 saturated carbocycles. The zero-order valence-corrected chi connectivity index (χ0v) is 75.8. The molecule has 0 aromatic heterocycles. The lowest BCUT2D eigenvalue weighted by atomic mass is 9.57. The Balaban J connectivity index is -0.000000158. The standard InChI is InChI=1S/C14H29F.3C12H25F.2C11H23F.C10H21F.C8H17F/c1-8-12(5,9-2)14(7,15)13(6,10-3)11-4;1-8(2)11(9(3)4)12(7,13)10(5)6;1-7-8-12(6,13)11(9(2)3)10(4)5;1-6-10(7-2)12(5,13)11(8-3)9-4;1-7-10(5,8-2)11(6,12)9(3)4;1-6-9-11(5,12)10(4,7-2)8-3;1-6-9(7-2)10(5,11)8(3)4;1-6(2)8(5,9)7(3)4/h8-11H2,1-7H3;8-11H,1-7H3;9-11H,7-8H2,1-6H3;10-11H,6-9H2,1-5H3;9H,7-8H2,1-6H3;6-9H2,1-5H3;8-9H,6-7H2,1-5H3;6-7H,1-5H3/t;;12-;;;11-;;/m..0..0../s1. The van der Waals surface area contributed by atoms with Crippen LogP contribution in [0, 0.1) is 105 Å². The number of hydrogen-bond donors (Lipinski definition) is 0. The molecule has 98 heavy (non-hydrogen) atoms. The van der Waals surface area contributed by atoms with Crippen molar-refractivity contribution < 1.29 is 35.1 Å². The van der Waals surface area contributed by atoms with E-state index < -0.39 is 45.4 Å². The minimum Gasteiger partial charge on any atom is -0.244 e. The first kappa shape index (κ1) is 113. The quantitative estimate of drug-likeness (QED) is 0.0549. The van der Waals surface area contributed by atoms with E-state index in [-0.39, 0.29) is 80.8 Å². The van der Waals surface area contributed by atoms with E-state index in [0.717, 1.165) is 103 Å². The van der Waals surface area contributed by atoms with Crippen LogP contribution < -0.4 is 0 Å². The van der Waals surface area contributed by atoms with Crippen LogP contribution in [-0.4, -0.2) is 45.4 Å². The number of rotatable bonds is 36. The van der Waals surface area contributed by atoms with Crippen LogP contribution >= 0.6 is 0 Å². The van der Waals surface area contributed by atoms with Crippen molar-refractivity contribution in [1.82, 2.24) is 0 Å². The summed E-state index contributed by atoms with van der Waals surface area (Å²) in [5.74, 6) is 3.31. The SMILES string of the molecule is CC(C)C(C(C)C)C(C)(F)C(C)C.CC(C)C(C)(F)C(C)C.CCC(C)(CC)C(C)(F)C(C)(CC)CC.CCC(C)(CC)C(C)(F)C(C)C.CCC(CC)C(C)(F)C(C)C.CCC(CC)C(C)(F)C(CC)CC.CCC[C@](C)(F)C(C(C)C)C(C)C.CCC[C@](C)(F)C(C)(CC)CC. The van der Waals surface area contributed by atoms with Crippen molar-refractivity contribution in [2.75, 3.05) is 0 Å². The molecule has 0 spiro atoms. The molecule has 0 heterocycles. The van der Waals surface area contributed by atoms with Gasteiger partial charge in [-0.3, -0.25) is 0 Å². The largest absolute Gasteiger partial charge is 0.244 e. The molecule has 0 saturated heterocycles. The van der Waals surface area contributed by atoms with Gasteiger partial charge in [0.25, 0.3) is 0 Å². The first-order valence-electron chi connectivity index (χ1n) is 41.4. The lowest BCUT2D eigenvalue weighted by molar-refractivity contribution is -0.0946. The molecular weight excluding hydrogens is 1230 g/mol. The smallest absolute Gasteiger partial charge is 0.118 e. The maximum atomic E-state index is 15.2. The Morgan fingerprint density at radius 1 is 0.235 bits per heavy atom. The fourth-order valence-corrected chi connectivity index (χ4v) is 16.0. The van der Waals surface area contributed by atoms with Gasteiger partial charge in [-0.05, 0) is 202 Å². The van der Waals surface area contributed by atoms with Gasteiger partial charge in [0, 0.05) is 21.7 Å². The summed E-state index contributed by atoms with van der Waals surface area (Å²) in [6, 6.07) is 0. The summed E-state index contributed by atoms with van der Waals surface area (Å²) in [5.41, 5.74) is -8.81. The molecule has 604 valence electrons. The van der Waals surface area contributed by atoms with Crippen molar-refractivity contribution in [1.29, 1.82) is 0 Å². The number of alkyl halides is 8. The van der Waals surface area contributed by atoms with E-state index >= 15 is 4.39 Å². The van der Waals surface area contributed by atoms with E-state index in [1.54, 1.807) is 48.5 Å². The summed E-state index contributed by atoms with van der Waals surface area (Å²) in [6.45, 7) is 92.0. The molecule has 0 aliphatic heterocycles. The van der Waals surface area contributed by atoms with Crippen molar-refractivity contribution in [3.63, 3.8) is 0 Å². The van der Waals surface area contributed by atoms with Gasteiger partial charge in [-0.15, -0.1) is 0 Å². The third-order valence-electron chi connectivity index (χ3n) is 27.6. The summed E-state index contributed by atoms with van der Waals surface area (Å²) in [4.78, 5) is 0. The second kappa shape index (κ2) is 50.8. The van der Waals surface area contributed by atoms with Crippen LogP contribution in [0.3, 0.4) is 0 Å². The van der Waals surface area contributed by atoms with Gasteiger partial charge in [-0.2, -0.15) is 0 Å². The molecule has 0 nitrogen and oxygen atoms in total. The fraction of sp³-hybridized carbons (Fsp3) is 1.00. The van der Waals surface area contributed by atoms with Crippen LogP contribution in [0.15, 0.2) is 0 Å². The second-order valence-corrected chi connectivity index (χ2v) is 36.1. The fourth-order valence-electron chi connectivity index (χ4n) is 16.0. The van der Waals surface area contributed by atoms with E-state index in [1.165, 1.54) is 0 Å². The van der Waals surface area contributed by atoms with Crippen molar-refractivity contribution >= 4 is 0 Å².